The highest BCUT2D eigenvalue weighted by Gasteiger charge is 2.42. The van der Waals surface area contributed by atoms with E-state index in [2.05, 4.69) is 32.9 Å². The third-order valence-electron chi connectivity index (χ3n) is 5.39. The summed E-state index contributed by atoms with van der Waals surface area (Å²) in [4.78, 5) is 0. The van der Waals surface area contributed by atoms with Crippen LogP contribution in [0.3, 0.4) is 0 Å². The maximum atomic E-state index is 6.38. The summed E-state index contributed by atoms with van der Waals surface area (Å²) < 4.78 is 0. The van der Waals surface area contributed by atoms with Crippen molar-refractivity contribution in [2.75, 3.05) is 0 Å². The summed E-state index contributed by atoms with van der Waals surface area (Å²) in [7, 11) is 0. The van der Waals surface area contributed by atoms with Gasteiger partial charge in [-0.3, -0.25) is 0 Å². The maximum Gasteiger partial charge on any atom is 0.0385 e. The van der Waals surface area contributed by atoms with Gasteiger partial charge in [0.1, 0.15) is 0 Å². The summed E-state index contributed by atoms with van der Waals surface area (Å²) in [6, 6.07) is 0. The molecule has 3 aliphatic rings. The molecule has 92 valence electrons. The molecule has 0 bridgehead atoms. The van der Waals surface area contributed by atoms with E-state index < -0.39 is 0 Å². The van der Waals surface area contributed by atoms with Crippen LogP contribution in [0.4, 0.5) is 0 Å². The molecule has 0 aliphatic heterocycles. The summed E-state index contributed by atoms with van der Waals surface area (Å²) in [6.45, 7) is 7.22. The van der Waals surface area contributed by atoms with Crippen LogP contribution in [0.1, 0.15) is 40.0 Å². The van der Waals surface area contributed by atoms with E-state index in [-0.39, 0.29) is 0 Å². The second-order valence-electron chi connectivity index (χ2n) is 6.20. The lowest BCUT2D eigenvalue weighted by Gasteiger charge is -2.40. The predicted octanol–water partition coefficient (Wildman–Crippen LogP) is 3.79. The molecule has 0 saturated heterocycles. The van der Waals surface area contributed by atoms with Crippen LogP contribution >= 0.6 is 0 Å². The van der Waals surface area contributed by atoms with Crippen LogP contribution in [0.15, 0.2) is 34.6 Å². The van der Waals surface area contributed by atoms with Crippen molar-refractivity contribution in [3.05, 3.63) is 34.6 Å². The van der Waals surface area contributed by atoms with Gasteiger partial charge in [0.15, 0.2) is 0 Å². The molecule has 4 unspecified atom stereocenters. The molecule has 1 saturated carbocycles. The quantitative estimate of drug-likeness (QED) is 0.672. The van der Waals surface area contributed by atoms with Crippen molar-refractivity contribution in [3.63, 3.8) is 0 Å². The molecule has 0 aromatic carbocycles. The van der Waals surface area contributed by atoms with Crippen LogP contribution in [0.5, 0.6) is 0 Å². The molecule has 0 aromatic rings. The summed E-state index contributed by atoms with van der Waals surface area (Å²) in [5, 5.41) is 0. The van der Waals surface area contributed by atoms with Crippen molar-refractivity contribution in [1.29, 1.82) is 0 Å². The Morgan fingerprint density at radius 2 is 1.88 bits per heavy atom. The molecule has 0 amide bonds. The highest BCUT2D eigenvalue weighted by atomic mass is 14.6. The molecule has 2 N–H and O–H groups in total. The Hall–Kier alpha value is -0.980. The Morgan fingerprint density at radius 3 is 2.65 bits per heavy atom. The van der Waals surface area contributed by atoms with E-state index in [9.17, 15) is 0 Å². The van der Waals surface area contributed by atoms with Gasteiger partial charge >= 0.3 is 0 Å². The molecule has 1 nitrogen and oxygen atoms in total. The number of nitrogens with two attached hydrogens (primary N) is 1. The van der Waals surface area contributed by atoms with E-state index in [0.717, 1.165) is 23.5 Å². The fourth-order valence-corrected chi connectivity index (χ4v) is 4.04. The Labute approximate surface area is 104 Å². The third-order valence-corrected chi connectivity index (χ3v) is 5.39. The van der Waals surface area contributed by atoms with Gasteiger partial charge in [0.2, 0.25) is 0 Å². The van der Waals surface area contributed by atoms with Crippen molar-refractivity contribution in [3.8, 4) is 0 Å². The predicted molar refractivity (Wildman–Crippen MR) is 72.2 cm³/mol. The fraction of sp³-hybridized carbons (Fsp3) is 0.625. The lowest BCUT2D eigenvalue weighted by atomic mass is 9.65. The monoisotopic (exact) mass is 229 g/mol. The number of fused-ring (bicyclic) bond motifs is 2. The molecule has 3 rings (SSSR count). The number of hydrogen-bond donors (Lipinski definition) is 1. The Balaban J connectivity index is 2.06. The number of allylic oxidation sites excluding steroid dienone is 4. The molecule has 0 aromatic heterocycles. The lowest BCUT2D eigenvalue weighted by Crippen LogP contribution is -2.32. The SMILES string of the molecule is CC1CC2=C(N)C3=C(CCC=C3)C2C(C)C1C. The van der Waals surface area contributed by atoms with Gasteiger partial charge in [0, 0.05) is 11.6 Å². The van der Waals surface area contributed by atoms with Crippen LogP contribution in [-0.4, -0.2) is 0 Å². The van der Waals surface area contributed by atoms with Crippen molar-refractivity contribution in [1.82, 2.24) is 0 Å². The van der Waals surface area contributed by atoms with Crippen LogP contribution in [0.25, 0.3) is 0 Å². The van der Waals surface area contributed by atoms with Gasteiger partial charge in [0.25, 0.3) is 0 Å². The largest absolute Gasteiger partial charge is 0.398 e. The maximum absolute atomic E-state index is 6.38. The summed E-state index contributed by atoms with van der Waals surface area (Å²) in [5.41, 5.74) is 12.1. The van der Waals surface area contributed by atoms with Crippen LogP contribution in [0, 0.1) is 23.7 Å². The van der Waals surface area contributed by atoms with Gasteiger partial charge in [-0.15, -0.1) is 0 Å². The van der Waals surface area contributed by atoms with Crippen LogP contribution < -0.4 is 5.73 Å². The first-order valence-corrected chi connectivity index (χ1v) is 6.99. The normalized spacial score (nSPS) is 40.6. The highest BCUT2D eigenvalue weighted by molar-refractivity contribution is 5.55. The lowest BCUT2D eigenvalue weighted by molar-refractivity contribution is 0.194. The van der Waals surface area contributed by atoms with E-state index in [1.807, 2.05) is 0 Å². The molecule has 4 atom stereocenters. The molecule has 3 aliphatic carbocycles. The topological polar surface area (TPSA) is 26.0 Å². The Bertz CT molecular complexity index is 438. The Morgan fingerprint density at radius 1 is 1.12 bits per heavy atom. The zero-order chi connectivity index (χ0) is 12.2. The van der Waals surface area contributed by atoms with Crippen molar-refractivity contribution in [2.45, 2.75) is 40.0 Å². The van der Waals surface area contributed by atoms with Crippen molar-refractivity contribution < 1.29 is 0 Å². The van der Waals surface area contributed by atoms with Gasteiger partial charge in [0.05, 0.1) is 0 Å². The van der Waals surface area contributed by atoms with Crippen LogP contribution in [-0.2, 0) is 0 Å². The van der Waals surface area contributed by atoms with Crippen molar-refractivity contribution in [2.24, 2.45) is 29.4 Å². The second kappa shape index (κ2) is 3.76. The average Bonchev–Trinajstić information content (AvgIpc) is 2.61. The minimum atomic E-state index is 0.668. The molecule has 1 fully saturated rings. The highest BCUT2D eigenvalue weighted by Crippen LogP contribution is 2.52. The number of rotatable bonds is 0. The van der Waals surface area contributed by atoms with Gasteiger partial charge in [-0.1, -0.05) is 38.5 Å². The molecule has 0 spiro atoms. The molecule has 0 radical (unpaired) electrons. The van der Waals surface area contributed by atoms with E-state index in [1.54, 1.807) is 11.1 Å². The van der Waals surface area contributed by atoms with Crippen LogP contribution in [0.2, 0.25) is 0 Å². The Kier molecular flexibility index (Phi) is 2.46. The fourth-order valence-electron chi connectivity index (χ4n) is 4.04. The molecular weight excluding hydrogens is 206 g/mol. The summed E-state index contributed by atoms with van der Waals surface area (Å²) in [6.07, 6.45) is 8.18. The smallest absolute Gasteiger partial charge is 0.0385 e. The van der Waals surface area contributed by atoms with Gasteiger partial charge < -0.3 is 5.73 Å². The zero-order valence-electron chi connectivity index (χ0n) is 11.2. The van der Waals surface area contributed by atoms with E-state index >= 15 is 0 Å². The minimum absolute atomic E-state index is 0.668. The first-order chi connectivity index (χ1) is 8.11. The van der Waals surface area contributed by atoms with E-state index in [4.69, 9.17) is 5.73 Å². The first kappa shape index (κ1) is 11.1. The molecule has 17 heavy (non-hydrogen) atoms. The second-order valence-corrected chi connectivity index (χ2v) is 6.20. The minimum Gasteiger partial charge on any atom is -0.398 e. The van der Waals surface area contributed by atoms with Crippen molar-refractivity contribution >= 4 is 0 Å². The number of hydrogen-bond acceptors (Lipinski definition) is 1. The van der Waals surface area contributed by atoms with Gasteiger partial charge in [-0.2, -0.15) is 0 Å². The first-order valence-electron chi connectivity index (χ1n) is 6.99. The zero-order valence-corrected chi connectivity index (χ0v) is 11.2. The third kappa shape index (κ3) is 1.44. The van der Waals surface area contributed by atoms with Gasteiger partial charge in [-0.25, -0.2) is 0 Å². The average molecular weight is 229 g/mol. The van der Waals surface area contributed by atoms with E-state index in [1.165, 1.54) is 24.8 Å². The summed E-state index contributed by atoms with van der Waals surface area (Å²) in [5.74, 6) is 3.02. The molecular formula is C16H23N. The standard InChI is InChI=1S/C16H23N/c1-9-8-14-15(11(3)10(9)2)12-6-4-5-7-13(12)16(14)17/h5,7,9-11,15H,4,6,8,17H2,1-3H3. The molecule has 0 heterocycles. The van der Waals surface area contributed by atoms with Gasteiger partial charge in [-0.05, 0) is 48.2 Å². The van der Waals surface area contributed by atoms with E-state index in [0.29, 0.717) is 5.92 Å². The molecule has 1 heteroatoms. The summed E-state index contributed by atoms with van der Waals surface area (Å²) >= 11 is 0.